The van der Waals surface area contributed by atoms with Gasteiger partial charge in [0.2, 0.25) is 5.89 Å². The Morgan fingerprint density at radius 3 is 2.53 bits per heavy atom. The second kappa shape index (κ2) is 5.21. The molecule has 96 valence electrons. The quantitative estimate of drug-likeness (QED) is 0.873. The molecule has 1 aromatic heterocycles. The summed E-state index contributed by atoms with van der Waals surface area (Å²) in [5, 5.41) is 3.69. The van der Waals surface area contributed by atoms with Gasteiger partial charge in [-0.2, -0.15) is 0 Å². The van der Waals surface area contributed by atoms with Gasteiger partial charge in [-0.15, -0.1) is 0 Å². The Bertz CT molecular complexity index is 351. The predicted octanol–water partition coefficient (Wildman–Crippen LogP) is 3.46. The van der Waals surface area contributed by atoms with E-state index in [9.17, 15) is 0 Å². The Labute approximate surface area is 104 Å². The molecule has 3 unspecified atom stereocenters. The van der Waals surface area contributed by atoms with Crippen LogP contribution in [-0.4, -0.2) is 11.0 Å². The van der Waals surface area contributed by atoms with Crippen LogP contribution in [0.5, 0.6) is 0 Å². The Hall–Kier alpha value is -0.830. The summed E-state index contributed by atoms with van der Waals surface area (Å²) in [5.74, 6) is 3.19. The van der Waals surface area contributed by atoms with E-state index in [0.29, 0.717) is 6.04 Å². The number of aromatic nitrogens is 1. The van der Waals surface area contributed by atoms with Gasteiger partial charge in [-0.05, 0) is 38.5 Å². The summed E-state index contributed by atoms with van der Waals surface area (Å²) in [6.07, 6.45) is 5.83. The molecule has 0 aliphatic heterocycles. The van der Waals surface area contributed by atoms with Gasteiger partial charge in [0.25, 0.3) is 0 Å². The van der Waals surface area contributed by atoms with Crippen molar-refractivity contribution in [3.8, 4) is 0 Å². The highest BCUT2D eigenvalue weighted by atomic mass is 16.4. The third-order valence-electron chi connectivity index (χ3n) is 4.00. The molecule has 3 atom stereocenters. The van der Waals surface area contributed by atoms with Crippen molar-refractivity contribution in [1.29, 1.82) is 0 Å². The zero-order valence-electron chi connectivity index (χ0n) is 11.4. The number of hydrogen-bond donors (Lipinski definition) is 1. The first-order valence-electron chi connectivity index (χ1n) is 6.76. The number of hydrogen-bond acceptors (Lipinski definition) is 3. The van der Waals surface area contributed by atoms with Crippen LogP contribution in [0.4, 0.5) is 0 Å². The summed E-state index contributed by atoms with van der Waals surface area (Å²) in [7, 11) is 0. The van der Waals surface area contributed by atoms with Crippen molar-refractivity contribution in [3.05, 3.63) is 17.8 Å². The minimum atomic E-state index is 0.205. The van der Waals surface area contributed by atoms with Crippen molar-refractivity contribution in [2.45, 2.75) is 59.0 Å². The summed E-state index contributed by atoms with van der Waals surface area (Å²) in [6.45, 7) is 8.77. The van der Waals surface area contributed by atoms with Crippen molar-refractivity contribution >= 4 is 0 Å². The molecule has 1 N–H and O–H groups in total. The predicted molar refractivity (Wildman–Crippen MR) is 68.8 cm³/mol. The van der Waals surface area contributed by atoms with Crippen LogP contribution in [0.15, 0.2) is 10.6 Å². The molecule has 0 saturated heterocycles. The van der Waals surface area contributed by atoms with E-state index >= 15 is 0 Å². The van der Waals surface area contributed by atoms with Crippen LogP contribution < -0.4 is 5.32 Å². The van der Waals surface area contributed by atoms with Gasteiger partial charge in [-0.3, -0.25) is 0 Å². The lowest BCUT2D eigenvalue weighted by Crippen LogP contribution is -2.43. The zero-order chi connectivity index (χ0) is 12.4. The van der Waals surface area contributed by atoms with Crippen LogP contribution in [0.25, 0.3) is 0 Å². The van der Waals surface area contributed by atoms with Crippen molar-refractivity contribution in [2.24, 2.45) is 11.8 Å². The molecule has 0 radical (unpaired) electrons. The third-order valence-corrected chi connectivity index (χ3v) is 4.00. The molecule has 1 aliphatic rings. The van der Waals surface area contributed by atoms with Crippen LogP contribution >= 0.6 is 0 Å². The van der Waals surface area contributed by atoms with E-state index in [2.05, 4.69) is 31.1 Å². The standard InChI is InChI=1S/C14H24N2O/c1-9-6-5-7-10(2)13(9)16-12(4)14-15-8-11(3)17-14/h8-10,12-13,16H,5-7H2,1-4H3. The van der Waals surface area contributed by atoms with Gasteiger partial charge in [0.15, 0.2) is 0 Å². The zero-order valence-corrected chi connectivity index (χ0v) is 11.4. The molecule has 0 bridgehead atoms. The first-order chi connectivity index (χ1) is 8.08. The van der Waals surface area contributed by atoms with E-state index in [4.69, 9.17) is 4.42 Å². The number of aryl methyl sites for hydroxylation is 1. The second-order valence-electron chi connectivity index (χ2n) is 5.61. The molecule has 0 spiro atoms. The summed E-state index contributed by atoms with van der Waals surface area (Å²) >= 11 is 0. The fraction of sp³-hybridized carbons (Fsp3) is 0.786. The minimum Gasteiger partial charge on any atom is -0.444 e. The molecule has 1 fully saturated rings. The number of nitrogens with zero attached hydrogens (tertiary/aromatic N) is 1. The molecular weight excluding hydrogens is 212 g/mol. The molecule has 1 aromatic rings. The molecular formula is C14H24N2O. The third kappa shape index (κ3) is 2.89. The molecule has 3 heteroatoms. The lowest BCUT2D eigenvalue weighted by atomic mass is 9.78. The van der Waals surface area contributed by atoms with Crippen molar-refractivity contribution in [1.82, 2.24) is 10.3 Å². The Balaban J connectivity index is 1.99. The molecule has 2 rings (SSSR count). The van der Waals surface area contributed by atoms with Gasteiger partial charge in [0.05, 0.1) is 12.2 Å². The smallest absolute Gasteiger partial charge is 0.211 e. The maximum atomic E-state index is 5.58. The Kier molecular flexibility index (Phi) is 3.87. The van der Waals surface area contributed by atoms with Gasteiger partial charge < -0.3 is 9.73 Å². The highest BCUT2D eigenvalue weighted by molar-refractivity contribution is 4.97. The van der Waals surface area contributed by atoms with Crippen LogP contribution in [-0.2, 0) is 0 Å². The Morgan fingerprint density at radius 1 is 1.35 bits per heavy atom. The van der Waals surface area contributed by atoms with Gasteiger partial charge >= 0.3 is 0 Å². The largest absolute Gasteiger partial charge is 0.444 e. The summed E-state index contributed by atoms with van der Waals surface area (Å²) < 4.78 is 5.58. The van der Waals surface area contributed by atoms with E-state index in [0.717, 1.165) is 23.5 Å². The maximum Gasteiger partial charge on any atom is 0.211 e. The first kappa shape index (κ1) is 12.6. The number of rotatable bonds is 3. The molecule has 17 heavy (non-hydrogen) atoms. The van der Waals surface area contributed by atoms with Gasteiger partial charge in [-0.25, -0.2) is 4.98 Å². The summed E-state index contributed by atoms with van der Waals surface area (Å²) in [4.78, 5) is 4.30. The maximum absolute atomic E-state index is 5.58. The lowest BCUT2D eigenvalue weighted by molar-refractivity contribution is 0.188. The fourth-order valence-corrected chi connectivity index (χ4v) is 2.94. The second-order valence-corrected chi connectivity index (χ2v) is 5.61. The van der Waals surface area contributed by atoms with Gasteiger partial charge in [-0.1, -0.05) is 20.3 Å². The van der Waals surface area contributed by atoms with E-state index in [1.807, 2.05) is 6.92 Å². The van der Waals surface area contributed by atoms with E-state index in [-0.39, 0.29) is 6.04 Å². The highest BCUT2D eigenvalue weighted by Crippen LogP contribution is 2.30. The lowest BCUT2D eigenvalue weighted by Gasteiger charge is -2.36. The molecule has 1 heterocycles. The normalized spacial score (nSPS) is 31.4. The van der Waals surface area contributed by atoms with Crippen LogP contribution in [0, 0.1) is 18.8 Å². The van der Waals surface area contributed by atoms with Gasteiger partial charge in [0, 0.05) is 6.04 Å². The monoisotopic (exact) mass is 236 g/mol. The van der Waals surface area contributed by atoms with Crippen LogP contribution in [0.1, 0.15) is 57.7 Å². The van der Waals surface area contributed by atoms with E-state index < -0.39 is 0 Å². The summed E-state index contributed by atoms with van der Waals surface area (Å²) in [5.41, 5.74) is 0. The average Bonchev–Trinajstić information content (AvgIpc) is 2.70. The van der Waals surface area contributed by atoms with Crippen molar-refractivity contribution in [3.63, 3.8) is 0 Å². The topological polar surface area (TPSA) is 38.1 Å². The summed E-state index contributed by atoms with van der Waals surface area (Å²) in [6, 6.07) is 0.794. The Morgan fingerprint density at radius 2 is 2.00 bits per heavy atom. The van der Waals surface area contributed by atoms with Crippen LogP contribution in [0.3, 0.4) is 0 Å². The highest BCUT2D eigenvalue weighted by Gasteiger charge is 2.29. The van der Waals surface area contributed by atoms with E-state index in [1.54, 1.807) is 6.20 Å². The van der Waals surface area contributed by atoms with Crippen LogP contribution in [0.2, 0.25) is 0 Å². The molecule has 0 amide bonds. The van der Waals surface area contributed by atoms with Gasteiger partial charge in [0.1, 0.15) is 5.76 Å². The molecule has 0 aromatic carbocycles. The van der Waals surface area contributed by atoms with E-state index in [1.165, 1.54) is 19.3 Å². The fourth-order valence-electron chi connectivity index (χ4n) is 2.94. The first-order valence-corrected chi connectivity index (χ1v) is 6.76. The minimum absolute atomic E-state index is 0.205. The van der Waals surface area contributed by atoms with Crippen molar-refractivity contribution < 1.29 is 4.42 Å². The number of oxazole rings is 1. The molecule has 1 saturated carbocycles. The molecule has 1 aliphatic carbocycles. The number of nitrogens with one attached hydrogen (secondary N) is 1. The average molecular weight is 236 g/mol. The van der Waals surface area contributed by atoms with Crippen molar-refractivity contribution in [2.75, 3.05) is 0 Å². The SMILES string of the molecule is Cc1cnc(C(C)NC2C(C)CCCC2C)o1. The molecule has 3 nitrogen and oxygen atoms in total.